The van der Waals surface area contributed by atoms with Crippen LogP contribution in [0.5, 0.6) is 0 Å². The number of aryl methyl sites for hydroxylation is 1. The van der Waals surface area contributed by atoms with E-state index in [2.05, 4.69) is 33.2 Å². The summed E-state index contributed by atoms with van der Waals surface area (Å²) in [6.45, 7) is 2.79. The average Bonchev–Trinajstić information content (AvgIpc) is 2.42. The molecule has 0 aliphatic carbocycles. The summed E-state index contributed by atoms with van der Waals surface area (Å²) in [5.41, 5.74) is 3.79. The maximum Gasteiger partial charge on any atom is 0.256 e. The highest BCUT2D eigenvalue weighted by Gasteiger charge is 2.11. The number of benzene rings is 2. The lowest BCUT2D eigenvalue weighted by Gasteiger charge is -2.09. The summed E-state index contributed by atoms with van der Waals surface area (Å²) in [4.78, 5) is 12.3. The SMILES string of the molecule is CNCc1cccc(NC(=O)c2cccc(C)c2I)c1. The standard InChI is InChI=1S/C16H17IN2O/c1-11-5-3-8-14(15(11)17)16(20)19-13-7-4-6-12(9-13)10-18-2/h3-9,18H,10H2,1-2H3,(H,19,20). The molecule has 0 spiro atoms. The Kier molecular flexibility index (Phi) is 5.14. The van der Waals surface area contributed by atoms with Crippen molar-refractivity contribution in [1.82, 2.24) is 5.32 Å². The molecule has 3 nitrogen and oxygen atoms in total. The summed E-state index contributed by atoms with van der Waals surface area (Å²) < 4.78 is 0.994. The minimum atomic E-state index is -0.0697. The molecule has 2 aromatic rings. The van der Waals surface area contributed by atoms with E-state index in [1.165, 1.54) is 0 Å². The second-order valence-electron chi connectivity index (χ2n) is 4.62. The fourth-order valence-electron chi connectivity index (χ4n) is 1.98. The van der Waals surface area contributed by atoms with Crippen LogP contribution >= 0.6 is 22.6 Å². The first-order valence-corrected chi connectivity index (χ1v) is 7.49. The Morgan fingerprint density at radius 2 is 1.95 bits per heavy atom. The van der Waals surface area contributed by atoms with Gasteiger partial charge in [0.1, 0.15) is 0 Å². The Labute approximate surface area is 132 Å². The summed E-state index contributed by atoms with van der Waals surface area (Å²) in [6.07, 6.45) is 0. The van der Waals surface area contributed by atoms with Crippen LogP contribution in [0.25, 0.3) is 0 Å². The van der Waals surface area contributed by atoms with Gasteiger partial charge in [-0.1, -0.05) is 24.3 Å². The number of nitrogens with one attached hydrogen (secondary N) is 2. The third-order valence-electron chi connectivity index (χ3n) is 3.00. The van der Waals surface area contributed by atoms with E-state index in [4.69, 9.17) is 0 Å². The predicted molar refractivity (Wildman–Crippen MR) is 91.1 cm³/mol. The van der Waals surface area contributed by atoms with Gasteiger partial charge in [0.15, 0.2) is 0 Å². The van der Waals surface area contributed by atoms with Crippen molar-refractivity contribution >= 4 is 34.2 Å². The van der Waals surface area contributed by atoms with E-state index in [-0.39, 0.29) is 5.91 Å². The van der Waals surface area contributed by atoms with Gasteiger partial charge in [-0.15, -0.1) is 0 Å². The minimum absolute atomic E-state index is 0.0697. The molecule has 0 bridgehead atoms. The molecule has 2 N–H and O–H groups in total. The van der Waals surface area contributed by atoms with Gasteiger partial charge in [0.05, 0.1) is 5.56 Å². The van der Waals surface area contributed by atoms with E-state index in [0.717, 1.165) is 26.9 Å². The van der Waals surface area contributed by atoms with Crippen LogP contribution in [0.15, 0.2) is 42.5 Å². The fourth-order valence-corrected chi connectivity index (χ4v) is 2.59. The van der Waals surface area contributed by atoms with E-state index in [1.54, 1.807) is 0 Å². The molecular formula is C16H17IN2O. The third kappa shape index (κ3) is 3.58. The highest BCUT2D eigenvalue weighted by atomic mass is 127. The molecule has 1 amide bonds. The van der Waals surface area contributed by atoms with Crippen LogP contribution in [0.4, 0.5) is 5.69 Å². The maximum absolute atomic E-state index is 12.3. The molecule has 2 aromatic carbocycles. The van der Waals surface area contributed by atoms with Gasteiger partial charge in [0, 0.05) is 15.8 Å². The Morgan fingerprint density at radius 3 is 2.70 bits per heavy atom. The van der Waals surface area contributed by atoms with Crippen molar-refractivity contribution in [3.05, 3.63) is 62.7 Å². The summed E-state index contributed by atoms with van der Waals surface area (Å²) >= 11 is 2.21. The molecule has 104 valence electrons. The molecular weight excluding hydrogens is 363 g/mol. The van der Waals surface area contributed by atoms with Crippen molar-refractivity contribution in [2.45, 2.75) is 13.5 Å². The van der Waals surface area contributed by atoms with E-state index >= 15 is 0 Å². The largest absolute Gasteiger partial charge is 0.322 e. The van der Waals surface area contributed by atoms with Gasteiger partial charge in [0.2, 0.25) is 0 Å². The van der Waals surface area contributed by atoms with Crippen LogP contribution in [0.3, 0.4) is 0 Å². The fraction of sp³-hybridized carbons (Fsp3) is 0.188. The van der Waals surface area contributed by atoms with E-state index in [1.807, 2.05) is 56.4 Å². The van der Waals surface area contributed by atoms with Crippen LogP contribution in [0, 0.1) is 10.5 Å². The third-order valence-corrected chi connectivity index (χ3v) is 4.43. The van der Waals surface area contributed by atoms with Gasteiger partial charge in [-0.2, -0.15) is 0 Å². The van der Waals surface area contributed by atoms with Gasteiger partial charge < -0.3 is 10.6 Å². The lowest BCUT2D eigenvalue weighted by Crippen LogP contribution is -2.14. The zero-order chi connectivity index (χ0) is 14.5. The van der Waals surface area contributed by atoms with Crippen molar-refractivity contribution in [1.29, 1.82) is 0 Å². The topological polar surface area (TPSA) is 41.1 Å². The van der Waals surface area contributed by atoms with Crippen molar-refractivity contribution in [2.24, 2.45) is 0 Å². The first-order chi connectivity index (χ1) is 9.61. The minimum Gasteiger partial charge on any atom is -0.322 e. The number of carbonyl (C=O) groups excluding carboxylic acids is 1. The van der Waals surface area contributed by atoms with Crippen molar-refractivity contribution in [3.63, 3.8) is 0 Å². The highest BCUT2D eigenvalue weighted by molar-refractivity contribution is 14.1. The van der Waals surface area contributed by atoms with Crippen LogP contribution < -0.4 is 10.6 Å². The lowest BCUT2D eigenvalue weighted by atomic mass is 10.1. The second-order valence-corrected chi connectivity index (χ2v) is 5.70. The lowest BCUT2D eigenvalue weighted by molar-refractivity contribution is 0.102. The monoisotopic (exact) mass is 380 g/mol. The van der Waals surface area contributed by atoms with Crippen molar-refractivity contribution < 1.29 is 4.79 Å². The van der Waals surface area contributed by atoms with Gasteiger partial charge in [0.25, 0.3) is 5.91 Å². The second kappa shape index (κ2) is 6.85. The summed E-state index contributed by atoms with van der Waals surface area (Å²) in [5.74, 6) is -0.0697. The van der Waals surface area contributed by atoms with Gasteiger partial charge in [-0.05, 0) is 65.9 Å². The Morgan fingerprint density at radius 1 is 1.20 bits per heavy atom. The normalized spacial score (nSPS) is 10.3. The average molecular weight is 380 g/mol. The molecule has 0 saturated heterocycles. The van der Waals surface area contributed by atoms with Crippen LogP contribution in [0.2, 0.25) is 0 Å². The number of hydrogen-bond donors (Lipinski definition) is 2. The Bertz CT molecular complexity index is 626. The number of amides is 1. The summed E-state index contributed by atoms with van der Waals surface area (Å²) in [6, 6.07) is 13.6. The Hall–Kier alpha value is -1.40. The molecule has 0 saturated carbocycles. The molecule has 0 aliphatic heterocycles. The van der Waals surface area contributed by atoms with E-state index < -0.39 is 0 Å². The number of anilines is 1. The predicted octanol–water partition coefficient (Wildman–Crippen LogP) is 3.57. The molecule has 0 unspecified atom stereocenters. The molecule has 0 atom stereocenters. The molecule has 20 heavy (non-hydrogen) atoms. The van der Waals surface area contributed by atoms with Gasteiger partial charge in [-0.3, -0.25) is 4.79 Å². The molecule has 0 radical (unpaired) electrons. The molecule has 0 aromatic heterocycles. The Balaban J connectivity index is 2.19. The van der Waals surface area contributed by atoms with Crippen molar-refractivity contribution in [3.8, 4) is 0 Å². The molecule has 4 heteroatoms. The maximum atomic E-state index is 12.3. The number of rotatable bonds is 4. The van der Waals surface area contributed by atoms with E-state index in [0.29, 0.717) is 5.56 Å². The molecule has 2 rings (SSSR count). The molecule has 0 heterocycles. The van der Waals surface area contributed by atoms with Crippen LogP contribution in [0.1, 0.15) is 21.5 Å². The van der Waals surface area contributed by atoms with Gasteiger partial charge >= 0.3 is 0 Å². The highest BCUT2D eigenvalue weighted by Crippen LogP contribution is 2.19. The quantitative estimate of drug-likeness (QED) is 0.797. The zero-order valence-electron chi connectivity index (χ0n) is 11.5. The molecule has 0 fully saturated rings. The first kappa shape index (κ1) is 15.0. The summed E-state index contributed by atoms with van der Waals surface area (Å²) in [5, 5.41) is 6.05. The van der Waals surface area contributed by atoms with Crippen LogP contribution in [-0.4, -0.2) is 13.0 Å². The van der Waals surface area contributed by atoms with Gasteiger partial charge in [-0.25, -0.2) is 0 Å². The molecule has 0 aliphatic rings. The van der Waals surface area contributed by atoms with Crippen molar-refractivity contribution in [2.75, 3.05) is 12.4 Å². The zero-order valence-corrected chi connectivity index (χ0v) is 13.7. The smallest absolute Gasteiger partial charge is 0.256 e. The number of halogens is 1. The first-order valence-electron chi connectivity index (χ1n) is 6.42. The summed E-state index contributed by atoms with van der Waals surface area (Å²) in [7, 11) is 1.90. The van der Waals surface area contributed by atoms with Crippen LogP contribution in [-0.2, 0) is 6.54 Å². The number of hydrogen-bond acceptors (Lipinski definition) is 2. The van der Waals surface area contributed by atoms with E-state index in [9.17, 15) is 4.79 Å². The number of carbonyl (C=O) groups is 1.